The molecule has 5 rings (SSSR count). The van der Waals surface area contributed by atoms with Crippen molar-refractivity contribution in [3.63, 3.8) is 0 Å². The van der Waals surface area contributed by atoms with E-state index in [2.05, 4.69) is 15.2 Å². The summed E-state index contributed by atoms with van der Waals surface area (Å²) in [6.45, 7) is 1.99. The van der Waals surface area contributed by atoms with Crippen LogP contribution in [-0.4, -0.2) is 20.2 Å². The minimum absolute atomic E-state index is 0.00479. The first kappa shape index (κ1) is 13.5. The van der Waals surface area contributed by atoms with E-state index in [0.29, 0.717) is 10.6 Å². The number of thiophene rings is 1. The Morgan fingerprint density at radius 3 is 2.91 bits per heavy atom. The molecule has 2 aliphatic rings. The zero-order valence-electron chi connectivity index (χ0n) is 12.9. The van der Waals surface area contributed by atoms with Crippen LogP contribution in [0.15, 0.2) is 17.1 Å². The highest BCUT2D eigenvalue weighted by Gasteiger charge is 2.41. The van der Waals surface area contributed by atoms with E-state index in [4.69, 9.17) is 4.98 Å². The topological polar surface area (TPSA) is 74.4 Å². The lowest BCUT2D eigenvalue weighted by Crippen LogP contribution is -2.17. The number of nitrogens with one attached hydrogen (secondary N) is 2. The van der Waals surface area contributed by atoms with E-state index in [1.807, 2.05) is 19.2 Å². The van der Waals surface area contributed by atoms with Crippen LogP contribution in [0.2, 0.25) is 0 Å². The van der Waals surface area contributed by atoms with Gasteiger partial charge in [0.1, 0.15) is 10.5 Å². The maximum Gasteiger partial charge on any atom is 0.268 e. The van der Waals surface area contributed by atoms with Crippen molar-refractivity contribution >= 4 is 21.6 Å². The molecule has 0 radical (unpaired) electrons. The van der Waals surface area contributed by atoms with Gasteiger partial charge in [0.2, 0.25) is 0 Å². The van der Waals surface area contributed by atoms with Crippen molar-refractivity contribution in [3.05, 3.63) is 34.1 Å². The molecule has 0 aliphatic heterocycles. The van der Waals surface area contributed by atoms with Crippen molar-refractivity contribution < 1.29 is 0 Å². The van der Waals surface area contributed by atoms with Crippen molar-refractivity contribution in [2.75, 3.05) is 0 Å². The Labute approximate surface area is 137 Å². The number of hydrogen-bond donors (Lipinski definition) is 2. The van der Waals surface area contributed by atoms with E-state index >= 15 is 0 Å². The Morgan fingerprint density at radius 2 is 2.22 bits per heavy atom. The average molecular weight is 326 g/mol. The fourth-order valence-corrected chi connectivity index (χ4v) is 5.50. The second-order valence-electron chi connectivity index (χ2n) is 6.97. The highest BCUT2D eigenvalue weighted by atomic mass is 32.1. The highest BCUT2D eigenvalue weighted by Crippen LogP contribution is 2.52. The third-order valence-electron chi connectivity index (χ3n) is 5.59. The van der Waals surface area contributed by atoms with Gasteiger partial charge in [-0.25, -0.2) is 4.98 Å². The second kappa shape index (κ2) is 4.77. The maximum absolute atomic E-state index is 12.5. The van der Waals surface area contributed by atoms with Gasteiger partial charge in [0.05, 0.1) is 11.7 Å². The van der Waals surface area contributed by atoms with Crippen LogP contribution < -0.4 is 5.56 Å². The van der Waals surface area contributed by atoms with Gasteiger partial charge < -0.3 is 4.98 Å². The molecule has 0 amide bonds. The summed E-state index contributed by atoms with van der Waals surface area (Å²) in [5.74, 6) is 2.92. The van der Waals surface area contributed by atoms with E-state index in [1.165, 1.54) is 37.0 Å². The molecule has 23 heavy (non-hydrogen) atoms. The number of nitrogens with zero attached hydrogens (tertiary/aromatic N) is 2. The van der Waals surface area contributed by atoms with Crippen LogP contribution in [0, 0.1) is 18.8 Å². The molecule has 3 aromatic rings. The predicted octanol–water partition coefficient (Wildman–Crippen LogP) is 3.59. The summed E-state index contributed by atoms with van der Waals surface area (Å²) in [6.07, 6.45) is 6.97. The Hall–Kier alpha value is -1.95. The monoisotopic (exact) mass is 326 g/mol. The number of aryl methyl sites for hydroxylation is 1. The second-order valence-corrected chi connectivity index (χ2v) is 8.02. The number of fused-ring (bicyclic) bond motifs is 3. The minimum Gasteiger partial charge on any atom is -0.309 e. The number of aromatic amines is 2. The number of rotatable bonds is 2. The van der Waals surface area contributed by atoms with Crippen LogP contribution in [-0.2, 0) is 0 Å². The number of aromatic nitrogens is 4. The van der Waals surface area contributed by atoms with Crippen molar-refractivity contribution in [2.24, 2.45) is 11.8 Å². The van der Waals surface area contributed by atoms with E-state index in [1.54, 1.807) is 0 Å². The molecular weight excluding hydrogens is 308 g/mol. The molecule has 2 saturated carbocycles. The molecule has 118 valence electrons. The Bertz CT molecular complexity index is 953. The van der Waals surface area contributed by atoms with Crippen molar-refractivity contribution in [2.45, 2.75) is 38.5 Å². The van der Waals surface area contributed by atoms with E-state index in [9.17, 15) is 4.79 Å². The molecule has 6 heteroatoms. The lowest BCUT2D eigenvalue weighted by Gasteiger charge is -2.20. The molecule has 0 spiro atoms. The summed E-state index contributed by atoms with van der Waals surface area (Å²) >= 11 is 1.50. The van der Waals surface area contributed by atoms with Crippen LogP contribution >= 0.6 is 11.3 Å². The molecule has 3 heterocycles. The summed E-state index contributed by atoms with van der Waals surface area (Å²) in [4.78, 5) is 21.5. The number of hydrogen-bond acceptors (Lipinski definition) is 4. The van der Waals surface area contributed by atoms with Crippen molar-refractivity contribution in [1.82, 2.24) is 20.2 Å². The summed E-state index contributed by atoms with van der Waals surface area (Å²) in [5, 5.41) is 7.02. The first-order valence-electron chi connectivity index (χ1n) is 8.23. The first-order valence-corrected chi connectivity index (χ1v) is 9.05. The molecule has 3 aromatic heterocycles. The van der Waals surface area contributed by atoms with Gasteiger partial charge in [0.25, 0.3) is 5.56 Å². The van der Waals surface area contributed by atoms with E-state index in [0.717, 1.165) is 39.3 Å². The molecule has 2 aliphatic carbocycles. The van der Waals surface area contributed by atoms with Gasteiger partial charge >= 0.3 is 0 Å². The largest absolute Gasteiger partial charge is 0.309 e. The highest BCUT2D eigenvalue weighted by molar-refractivity contribution is 7.22. The fraction of sp³-hybridized carbons (Fsp3) is 0.471. The molecule has 5 nitrogen and oxygen atoms in total. The first-order chi connectivity index (χ1) is 11.2. The minimum atomic E-state index is 0.00479. The van der Waals surface area contributed by atoms with Crippen LogP contribution in [0.3, 0.4) is 0 Å². The molecule has 0 unspecified atom stereocenters. The summed E-state index contributed by atoms with van der Waals surface area (Å²) in [6, 6.07) is 2.03. The lowest BCUT2D eigenvalue weighted by atomic mass is 9.88. The lowest BCUT2D eigenvalue weighted by molar-refractivity contribution is 0.405. The van der Waals surface area contributed by atoms with Gasteiger partial charge in [0.15, 0.2) is 0 Å². The van der Waals surface area contributed by atoms with E-state index < -0.39 is 0 Å². The molecule has 2 bridgehead atoms. The van der Waals surface area contributed by atoms with Gasteiger partial charge in [0, 0.05) is 22.1 Å². The molecular formula is C17H18N4OS. The molecule has 3 atom stereocenters. The Morgan fingerprint density at radius 1 is 1.30 bits per heavy atom. The van der Waals surface area contributed by atoms with Gasteiger partial charge in [-0.05, 0) is 44.1 Å². The van der Waals surface area contributed by atoms with Gasteiger partial charge in [-0.1, -0.05) is 6.42 Å². The molecule has 2 N–H and O–H groups in total. The predicted molar refractivity (Wildman–Crippen MR) is 90.7 cm³/mol. The van der Waals surface area contributed by atoms with Crippen LogP contribution in [0.4, 0.5) is 0 Å². The summed E-state index contributed by atoms with van der Waals surface area (Å²) in [7, 11) is 0. The molecule has 0 aromatic carbocycles. The van der Waals surface area contributed by atoms with Crippen molar-refractivity contribution in [3.8, 4) is 10.4 Å². The van der Waals surface area contributed by atoms with Gasteiger partial charge in [-0.15, -0.1) is 11.3 Å². The van der Waals surface area contributed by atoms with E-state index in [-0.39, 0.29) is 5.56 Å². The quantitative estimate of drug-likeness (QED) is 0.756. The average Bonchev–Trinajstić information content (AvgIpc) is 3.29. The Kier molecular flexibility index (Phi) is 2.80. The summed E-state index contributed by atoms with van der Waals surface area (Å²) < 4.78 is 0.715. The zero-order valence-corrected chi connectivity index (χ0v) is 13.7. The Balaban J connectivity index is 1.62. The summed E-state index contributed by atoms with van der Waals surface area (Å²) in [5.41, 5.74) is 2.90. The maximum atomic E-state index is 12.5. The molecule has 2 fully saturated rings. The van der Waals surface area contributed by atoms with Crippen LogP contribution in [0.5, 0.6) is 0 Å². The van der Waals surface area contributed by atoms with Gasteiger partial charge in [-0.3, -0.25) is 9.89 Å². The zero-order chi connectivity index (χ0) is 15.6. The van der Waals surface area contributed by atoms with Gasteiger partial charge in [-0.2, -0.15) is 5.10 Å². The standard InChI is InChI=1S/C17H18N4OS/c1-8-12(7-18-21-8)14-6-13-15(23-14)17(22)20-16(19-13)11-5-9-2-3-10(11)4-9/h6-7,9-11H,2-5H2,1H3,(H,18,21)(H,19,20,22)/t9-,10+,11+/m1/s1. The molecule has 0 saturated heterocycles. The van der Waals surface area contributed by atoms with Crippen LogP contribution in [0.1, 0.15) is 43.1 Å². The smallest absolute Gasteiger partial charge is 0.268 e. The fourth-order valence-electron chi connectivity index (χ4n) is 4.45. The normalized spacial score (nSPS) is 26.4. The van der Waals surface area contributed by atoms with Crippen molar-refractivity contribution in [1.29, 1.82) is 0 Å². The third-order valence-corrected chi connectivity index (χ3v) is 6.74. The number of H-pyrrole nitrogens is 2. The SMILES string of the molecule is Cc1[nH]ncc1-c1cc2nc([C@H]3C[C@@H]4CC[C@H]3C4)[nH]c(=O)c2s1. The third kappa shape index (κ3) is 2.01. The van der Waals surface area contributed by atoms with Crippen LogP contribution in [0.25, 0.3) is 20.7 Å².